The van der Waals surface area contributed by atoms with E-state index in [1.54, 1.807) is 23.1 Å². The van der Waals surface area contributed by atoms with Crippen LogP contribution in [-0.4, -0.2) is 35.1 Å². The highest BCUT2D eigenvalue weighted by Gasteiger charge is 2.28. The first kappa shape index (κ1) is 23.6. The molecule has 0 aliphatic carbocycles. The lowest BCUT2D eigenvalue weighted by Gasteiger charge is -2.31. The van der Waals surface area contributed by atoms with Crippen molar-refractivity contribution in [3.8, 4) is 0 Å². The van der Waals surface area contributed by atoms with Gasteiger partial charge in [-0.15, -0.1) is 11.8 Å². The number of carbonyl (C=O) groups is 2. The number of hydrogen-bond donors (Lipinski definition) is 1. The van der Waals surface area contributed by atoms with Gasteiger partial charge in [-0.25, -0.2) is 0 Å². The number of nitrogens with one attached hydrogen (secondary N) is 1. The summed E-state index contributed by atoms with van der Waals surface area (Å²) < 4.78 is 0. The molecule has 0 aliphatic heterocycles. The summed E-state index contributed by atoms with van der Waals surface area (Å²) in [5.74, 6) is -0.00636. The molecule has 0 aliphatic rings. The number of rotatable bonds is 10. The Morgan fingerprint density at radius 3 is 2.45 bits per heavy atom. The summed E-state index contributed by atoms with van der Waals surface area (Å²) >= 11 is 13.8. The summed E-state index contributed by atoms with van der Waals surface area (Å²) in [4.78, 5) is 28.5. The minimum atomic E-state index is -0.558. The first-order valence-electron chi connectivity index (χ1n) is 9.65. The van der Waals surface area contributed by atoms with Crippen LogP contribution in [0.2, 0.25) is 10.0 Å². The lowest BCUT2D eigenvalue weighted by molar-refractivity contribution is -0.139. The van der Waals surface area contributed by atoms with Gasteiger partial charge in [0.2, 0.25) is 11.8 Å². The maximum Gasteiger partial charge on any atom is 0.242 e. The van der Waals surface area contributed by atoms with Crippen molar-refractivity contribution in [2.24, 2.45) is 0 Å². The molecule has 2 amide bonds. The predicted octanol–water partition coefficient (Wildman–Crippen LogP) is 5.42. The largest absolute Gasteiger partial charge is 0.354 e. The average molecular weight is 453 g/mol. The van der Waals surface area contributed by atoms with Gasteiger partial charge in [-0.3, -0.25) is 9.59 Å². The van der Waals surface area contributed by atoms with Gasteiger partial charge in [-0.1, -0.05) is 61.3 Å². The van der Waals surface area contributed by atoms with E-state index in [-0.39, 0.29) is 24.1 Å². The molecule has 0 saturated heterocycles. The van der Waals surface area contributed by atoms with Gasteiger partial charge in [-0.05, 0) is 42.7 Å². The van der Waals surface area contributed by atoms with E-state index < -0.39 is 6.04 Å². The summed E-state index contributed by atoms with van der Waals surface area (Å²) in [6.07, 6.45) is 1.35. The molecule has 0 fully saturated rings. The second kappa shape index (κ2) is 12.1. The number of halogens is 2. The lowest BCUT2D eigenvalue weighted by Crippen LogP contribution is -2.49. The maximum atomic E-state index is 13.1. The van der Waals surface area contributed by atoms with Gasteiger partial charge in [0.25, 0.3) is 0 Å². The van der Waals surface area contributed by atoms with Crippen LogP contribution in [0, 0.1) is 0 Å². The third-order valence-electron chi connectivity index (χ3n) is 4.40. The van der Waals surface area contributed by atoms with Crippen LogP contribution >= 0.6 is 35.0 Å². The molecule has 4 nitrogen and oxygen atoms in total. The Bertz CT molecular complexity index is 818. The molecule has 0 radical (unpaired) electrons. The lowest BCUT2D eigenvalue weighted by atomic mass is 10.1. The van der Waals surface area contributed by atoms with Crippen molar-refractivity contribution in [1.29, 1.82) is 0 Å². The Balaban J connectivity index is 2.22. The quantitative estimate of drug-likeness (QED) is 0.489. The zero-order valence-electron chi connectivity index (χ0n) is 16.7. The number of nitrogens with zero attached hydrogens (tertiary/aromatic N) is 1. The minimum Gasteiger partial charge on any atom is -0.354 e. The van der Waals surface area contributed by atoms with Crippen LogP contribution in [0.3, 0.4) is 0 Å². The predicted molar refractivity (Wildman–Crippen MR) is 122 cm³/mol. The Hall–Kier alpha value is -1.69. The van der Waals surface area contributed by atoms with Crippen molar-refractivity contribution in [2.45, 2.75) is 44.2 Å². The average Bonchev–Trinajstić information content (AvgIpc) is 2.72. The van der Waals surface area contributed by atoms with Crippen molar-refractivity contribution in [1.82, 2.24) is 10.2 Å². The van der Waals surface area contributed by atoms with E-state index in [2.05, 4.69) is 5.32 Å². The third kappa shape index (κ3) is 7.25. The van der Waals surface area contributed by atoms with Crippen LogP contribution in [0.4, 0.5) is 0 Å². The fraction of sp³-hybridized carbons (Fsp3) is 0.364. The highest BCUT2D eigenvalue weighted by atomic mass is 35.5. The van der Waals surface area contributed by atoms with E-state index in [4.69, 9.17) is 23.2 Å². The molecule has 0 saturated carbocycles. The van der Waals surface area contributed by atoms with Crippen LogP contribution in [0.25, 0.3) is 0 Å². The molecule has 2 rings (SSSR count). The summed E-state index contributed by atoms with van der Waals surface area (Å²) in [5.41, 5.74) is 0.760. The topological polar surface area (TPSA) is 49.4 Å². The molecule has 7 heteroatoms. The Labute approximate surface area is 187 Å². The van der Waals surface area contributed by atoms with Crippen LogP contribution in [0.1, 0.15) is 32.3 Å². The molecule has 0 unspecified atom stereocenters. The van der Waals surface area contributed by atoms with Gasteiger partial charge in [0, 0.05) is 28.0 Å². The number of thioether (sulfide) groups is 1. The molecule has 0 bridgehead atoms. The first-order valence-corrected chi connectivity index (χ1v) is 11.4. The Morgan fingerprint density at radius 2 is 1.83 bits per heavy atom. The highest BCUT2D eigenvalue weighted by Crippen LogP contribution is 2.25. The van der Waals surface area contributed by atoms with Gasteiger partial charge in [0.15, 0.2) is 0 Å². The molecular weight excluding hydrogens is 427 g/mol. The number of benzene rings is 2. The van der Waals surface area contributed by atoms with Crippen molar-refractivity contribution in [3.05, 3.63) is 64.1 Å². The zero-order chi connectivity index (χ0) is 21.2. The van der Waals surface area contributed by atoms with E-state index >= 15 is 0 Å². The van der Waals surface area contributed by atoms with E-state index in [0.29, 0.717) is 23.0 Å². The molecule has 1 N–H and O–H groups in total. The molecule has 0 aromatic heterocycles. The van der Waals surface area contributed by atoms with Crippen molar-refractivity contribution < 1.29 is 9.59 Å². The summed E-state index contributed by atoms with van der Waals surface area (Å²) in [5, 5.41) is 3.92. The van der Waals surface area contributed by atoms with E-state index in [9.17, 15) is 9.59 Å². The number of hydrogen-bond acceptors (Lipinski definition) is 3. The molecule has 156 valence electrons. The number of carbonyl (C=O) groups excluding carboxylic acids is 2. The van der Waals surface area contributed by atoms with Gasteiger partial charge in [-0.2, -0.15) is 0 Å². The minimum absolute atomic E-state index is 0.108. The Morgan fingerprint density at radius 1 is 1.10 bits per heavy atom. The van der Waals surface area contributed by atoms with Crippen LogP contribution in [-0.2, 0) is 16.1 Å². The fourth-order valence-electron chi connectivity index (χ4n) is 2.86. The first-order chi connectivity index (χ1) is 14.0. The van der Waals surface area contributed by atoms with E-state index in [1.165, 1.54) is 11.8 Å². The molecule has 0 heterocycles. The van der Waals surface area contributed by atoms with E-state index in [1.807, 2.05) is 44.2 Å². The van der Waals surface area contributed by atoms with Gasteiger partial charge in [0.05, 0.1) is 5.75 Å². The van der Waals surface area contributed by atoms with E-state index in [0.717, 1.165) is 16.9 Å². The normalized spacial score (nSPS) is 11.7. The third-order valence-corrected chi connectivity index (χ3v) is 5.98. The second-order valence-corrected chi connectivity index (χ2v) is 8.47. The summed E-state index contributed by atoms with van der Waals surface area (Å²) in [6, 6.07) is 14.4. The Kier molecular flexibility index (Phi) is 9.85. The fourth-order valence-corrected chi connectivity index (χ4v) is 4.14. The van der Waals surface area contributed by atoms with Crippen LogP contribution in [0.5, 0.6) is 0 Å². The van der Waals surface area contributed by atoms with Crippen molar-refractivity contribution in [3.63, 3.8) is 0 Å². The van der Waals surface area contributed by atoms with Gasteiger partial charge in [0.1, 0.15) is 6.04 Å². The van der Waals surface area contributed by atoms with Gasteiger partial charge < -0.3 is 10.2 Å². The molecule has 29 heavy (non-hydrogen) atoms. The van der Waals surface area contributed by atoms with Crippen LogP contribution < -0.4 is 5.32 Å². The van der Waals surface area contributed by atoms with Gasteiger partial charge >= 0.3 is 0 Å². The summed E-state index contributed by atoms with van der Waals surface area (Å²) in [6.45, 7) is 4.73. The molecule has 0 spiro atoms. The smallest absolute Gasteiger partial charge is 0.242 e. The maximum absolute atomic E-state index is 13.1. The number of amides is 2. The SMILES string of the molecule is CCCNC(=O)[C@H](CC)N(Cc1ccc(Cl)cc1Cl)C(=O)CSc1ccccc1. The standard InChI is InChI=1S/C22H26Cl2N2O2S/c1-3-12-25-22(28)20(4-2)26(14-16-10-11-17(23)13-19(16)24)21(27)15-29-18-8-6-5-7-9-18/h5-11,13,20H,3-4,12,14-15H2,1-2H3,(H,25,28)/t20-/m0/s1. The summed E-state index contributed by atoms with van der Waals surface area (Å²) in [7, 11) is 0. The second-order valence-electron chi connectivity index (χ2n) is 6.57. The van der Waals surface area contributed by atoms with Crippen molar-refractivity contribution in [2.75, 3.05) is 12.3 Å². The molecule has 2 aromatic rings. The van der Waals surface area contributed by atoms with Crippen molar-refractivity contribution >= 4 is 46.8 Å². The highest BCUT2D eigenvalue weighted by molar-refractivity contribution is 8.00. The zero-order valence-corrected chi connectivity index (χ0v) is 19.0. The van der Waals surface area contributed by atoms with Crippen LogP contribution in [0.15, 0.2) is 53.4 Å². The molecular formula is C22H26Cl2N2O2S. The molecule has 1 atom stereocenters. The molecule has 2 aromatic carbocycles. The monoisotopic (exact) mass is 452 g/mol.